The standard InChI is InChI=1S/C21H21BrN2O2S/c1-21(2,3)16-9-4-5-10-18(16)26-12-19(25)24-20-23-17(13-27-20)14-7-6-8-15(22)11-14/h4-11,13H,12H2,1-3H3,(H,23,24,25). The van der Waals surface area contributed by atoms with Crippen LogP contribution in [0.2, 0.25) is 0 Å². The fraction of sp³-hybridized carbons (Fsp3) is 0.238. The summed E-state index contributed by atoms with van der Waals surface area (Å²) in [7, 11) is 0. The zero-order valence-corrected chi connectivity index (χ0v) is 17.9. The van der Waals surface area contributed by atoms with Crippen molar-refractivity contribution in [1.82, 2.24) is 4.98 Å². The number of carbonyl (C=O) groups is 1. The summed E-state index contributed by atoms with van der Waals surface area (Å²) in [4.78, 5) is 16.8. The fourth-order valence-electron chi connectivity index (χ4n) is 2.62. The summed E-state index contributed by atoms with van der Waals surface area (Å²) >= 11 is 4.85. The highest BCUT2D eigenvalue weighted by atomic mass is 79.9. The molecule has 27 heavy (non-hydrogen) atoms. The molecule has 0 spiro atoms. The Morgan fingerprint density at radius 3 is 2.70 bits per heavy atom. The van der Waals surface area contributed by atoms with Crippen LogP contribution in [0.25, 0.3) is 11.3 Å². The quantitative estimate of drug-likeness (QED) is 0.533. The van der Waals surface area contributed by atoms with Crippen molar-refractivity contribution in [3.05, 3.63) is 63.9 Å². The summed E-state index contributed by atoms with van der Waals surface area (Å²) in [5.74, 6) is 0.503. The van der Waals surface area contributed by atoms with E-state index in [4.69, 9.17) is 4.74 Å². The Morgan fingerprint density at radius 1 is 1.19 bits per heavy atom. The minimum atomic E-state index is -0.228. The molecule has 6 heteroatoms. The Morgan fingerprint density at radius 2 is 1.96 bits per heavy atom. The van der Waals surface area contributed by atoms with Crippen LogP contribution in [0.3, 0.4) is 0 Å². The molecule has 1 N–H and O–H groups in total. The number of benzene rings is 2. The summed E-state index contributed by atoms with van der Waals surface area (Å²) in [6, 6.07) is 15.7. The Hall–Kier alpha value is -2.18. The molecule has 1 amide bonds. The number of rotatable bonds is 5. The lowest BCUT2D eigenvalue weighted by Gasteiger charge is -2.22. The molecule has 0 aliphatic heterocycles. The summed E-state index contributed by atoms with van der Waals surface area (Å²) in [6.45, 7) is 6.30. The van der Waals surface area contributed by atoms with Gasteiger partial charge in [0.05, 0.1) is 5.69 Å². The van der Waals surface area contributed by atoms with Gasteiger partial charge in [0.1, 0.15) is 5.75 Å². The van der Waals surface area contributed by atoms with E-state index in [9.17, 15) is 4.79 Å². The molecule has 4 nitrogen and oxygen atoms in total. The van der Waals surface area contributed by atoms with Crippen molar-refractivity contribution in [2.75, 3.05) is 11.9 Å². The number of nitrogens with one attached hydrogen (secondary N) is 1. The van der Waals surface area contributed by atoms with Gasteiger partial charge in [0.15, 0.2) is 11.7 Å². The number of aromatic nitrogens is 1. The lowest BCUT2D eigenvalue weighted by atomic mass is 9.86. The van der Waals surface area contributed by atoms with Gasteiger partial charge in [-0.15, -0.1) is 11.3 Å². The third-order valence-electron chi connectivity index (χ3n) is 3.92. The number of carbonyl (C=O) groups excluding carboxylic acids is 1. The van der Waals surface area contributed by atoms with Crippen molar-refractivity contribution in [3.8, 4) is 17.0 Å². The van der Waals surface area contributed by atoms with Crippen LogP contribution >= 0.6 is 27.3 Å². The molecule has 0 atom stereocenters. The maximum absolute atomic E-state index is 12.3. The number of hydrogen-bond acceptors (Lipinski definition) is 4. The van der Waals surface area contributed by atoms with Crippen molar-refractivity contribution in [1.29, 1.82) is 0 Å². The third-order valence-corrected chi connectivity index (χ3v) is 5.18. The van der Waals surface area contributed by atoms with Gasteiger partial charge in [0.25, 0.3) is 5.91 Å². The van der Waals surface area contributed by atoms with Gasteiger partial charge < -0.3 is 4.74 Å². The van der Waals surface area contributed by atoms with Crippen LogP contribution in [0.15, 0.2) is 58.4 Å². The van der Waals surface area contributed by atoms with E-state index in [1.165, 1.54) is 11.3 Å². The van der Waals surface area contributed by atoms with Gasteiger partial charge in [-0.05, 0) is 29.2 Å². The zero-order valence-electron chi connectivity index (χ0n) is 15.5. The molecular formula is C21H21BrN2O2S. The summed E-state index contributed by atoms with van der Waals surface area (Å²) < 4.78 is 6.75. The highest BCUT2D eigenvalue weighted by Crippen LogP contribution is 2.31. The Balaban J connectivity index is 1.63. The minimum absolute atomic E-state index is 0.0543. The second-order valence-electron chi connectivity index (χ2n) is 7.13. The van der Waals surface area contributed by atoms with Crippen LogP contribution in [0, 0.1) is 0 Å². The number of thiazole rings is 1. The summed E-state index contributed by atoms with van der Waals surface area (Å²) in [5, 5.41) is 5.29. The van der Waals surface area contributed by atoms with Crippen molar-refractivity contribution in [3.63, 3.8) is 0 Å². The van der Waals surface area contributed by atoms with E-state index in [0.717, 1.165) is 27.0 Å². The fourth-order valence-corrected chi connectivity index (χ4v) is 3.76. The Labute approximate surface area is 171 Å². The molecular weight excluding hydrogens is 424 g/mol. The molecule has 0 unspecified atom stereocenters. The predicted molar refractivity (Wildman–Crippen MR) is 115 cm³/mol. The van der Waals surface area contributed by atoms with Gasteiger partial charge in [-0.2, -0.15) is 0 Å². The van der Waals surface area contributed by atoms with Gasteiger partial charge in [0.2, 0.25) is 0 Å². The van der Waals surface area contributed by atoms with E-state index >= 15 is 0 Å². The number of hydrogen-bond donors (Lipinski definition) is 1. The van der Waals surface area contributed by atoms with E-state index in [2.05, 4.69) is 47.0 Å². The number of halogens is 1. The largest absolute Gasteiger partial charge is 0.483 e. The molecule has 3 aromatic rings. The molecule has 2 aromatic carbocycles. The topological polar surface area (TPSA) is 51.2 Å². The van der Waals surface area contributed by atoms with E-state index in [-0.39, 0.29) is 17.9 Å². The SMILES string of the molecule is CC(C)(C)c1ccccc1OCC(=O)Nc1nc(-c2cccc(Br)c2)cs1. The Bertz CT molecular complexity index is 947. The average Bonchev–Trinajstić information content (AvgIpc) is 3.08. The van der Waals surface area contributed by atoms with Crippen molar-refractivity contribution in [2.45, 2.75) is 26.2 Å². The lowest BCUT2D eigenvalue weighted by Crippen LogP contribution is -2.21. The van der Waals surface area contributed by atoms with Gasteiger partial charge in [-0.3, -0.25) is 10.1 Å². The monoisotopic (exact) mass is 444 g/mol. The zero-order chi connectivity index (χ0) is 19.4. The third kappa shape index (κ3) is 5.17. The highest BCUT2D eigenvalue weighted by molar-refractivity contribution is 9.10. The summed E-state index contributed by atoms with van der Waals surface area (Å²) in [6.07, 6.45) is 0. The van der Waals surface area contributed by atoms with Crippen LogP contribution < -0.4 is 10.1 Å². The van der Waals surface area contributed by atoms with E-state index in [0.29, 0.717) is 5.13 Å². The lowest BCUT2D eigenvalue weighted by molar-refractivity contribution is -0.118. The van der Waals surface area contributed by atoms with Crippen LogP contribution in [0.5, 0.6) is 5.75 Å². The molecule has 0 saturated carbocycles. The molecule has 1 heterocycles. The van der Waals surface area contributed by atoms with Crippen LogP contribution in [-0.2, 0) is 10.2 Å². The second kappa shape index (κ2) is 8.23. The van der Waals surface area contributed by atoms with Crippen molar-refractivity contribution in [2.24, 2.45) is 0 Å². The maximum Gasteiger partial charge on any atom is 0.264 e. The highest BCUT2D eigenvalue weighted by Gasteiger charge is 2.19. The van der Waals surface area contributed by atoms with Crippen LogP contribution in [0.1, 0.15) is 26.3 Å². The van der Waals surface area contributed by atoms with Gasteiger partial charge >= 0.3 is 0 Å². The minimum Gasteiger partial charge on any atom is -0.483 e. The van der Waals surface area contributed by atoms with E-state index in [1.54, 1.807) is 0 Å². The molecule has 0 fully saturated rings. The first-order valence-electron chi connectivity index (χ1n) is 8.56. The molecule has 140 valence electrons. The van der Waals surface area contributed by atoms with Gasteiger partial charge in [0, 0.05) is 15.4 Å². The number of para-hydroxylation sites is 1. The van der Waals surface area contributed by atoms with Gasteiger partial charge in [-0.25, -0.2) is 4.98 Å². The molecule has 1 aromatic heterocycles. The molecule has 3 rings (SSSR count). The van der Waals surface area contributed by atoms with Crippen LogP contribution in [0.4, 0.5) is 5.13 Å². The first-order chi connectivity index (χ1) is 12.8. The number of ether oxygens (including phenoxy) is 1. The van der Waals surface area contributed by atoms with E-state index < -0.39 is 0 Å². The smallest absolute Gasteiger partial charge is 0.264 e. The number of nitrogens with zero attached hydrogens (tertiary/aromatic N) is 1. The average molecular weight is 445 g/mol. The van der Waals surface area contributed by atoms with E-state index in [1.807, 2.05) is 53.9 Å². The van der Waals surface area contributed by atoms with Crippen LogP contribution in [-0.4, -0.2) is 17.5 Å². The van der Waals surface area contributed by atoms with Crippen molar-refractivity contribution >= 4 is 38.3 Å². The molecule has 0 radical (unpaired) electrons. The van der Waals surface area contributed by atoms with Crippen molar-refractivity contribution < 1.29 is 9.53 Å². The summed E-state index contributed by atoms with van der Waals surface area (Å²) in [5.41, 5.74) is 2.84. The number of anilines is 1. The normalized spacial score (nSPS) is 11.3. The predicted octanol–water partition coefficient (Wildman–Crippen LogP) is 5.89. The Kier molecular flexibility index (Phi) is 5.97. The molecule has 0 aliphatic carbocycles. The second-order valence-corrected chi connectivity index (χ2v) is 8.91. The first-order valence-corrected chi connectivity index (χ1v) is 10.2. The molecule has 0 saturated heterocycles. The molecule has 0 aliphatic rings. The first kappa shape index (κ1) is 19.6. The van der Waals surface area contributed by atoms with Gasteiger partial charge in [-0.1, -0.05) is 67.0 Å². The number of amides is 1. The molecule has 0 bridgehead atoms. The maximum atomic E-state index is 12.3.